The highest BCUT2D eigenvalue weighted by molar-refractivity contribution is 5.79. The van der Waals surface area contributed by atoms with Gasteiger partial charge in [0.1, 0.15) is 0 Å². The van der Waals surface area contributed by atoms with Crippen molar-refractivity contribution >= 4 is 12.0 Å². The third-order valence-corrected chi connectivity index (χ3v) is 2.69. The molecule has 6 heteroatoms. The fourth-order valence-electron chi connectivity index (χ4n) is 1.53. The van der Waals surface area contributed by atoms with Crippen LogP contribution < -0.4 is 5.32 Å². The van der Waals surface area contributed by atoms with E-state index in [1.165, 1.54) is 0 Å². The molecule has 2 amide bonds. The summed E-state index contributed by atoms with van der Waals surface area (Å²) in [6.07, 6.45) is 3.07. The number of nitrogens with one attached hydrogen (secondary N) is 1. The lowest BCUT2D eigenvalue weighted by Gasteiger charge is -2.28. The van der Waals surface area contributed by atoms with Gasteiger partial charge in [0.05, 0.1) is 6.54 Å². The molecule has 1 saturated heterocycles. The van der Waals surface area contributed by atoms with Crippen molar-refractivity contribution in [1.82, 2.24) is 10.2 Å². The van der Waals surface area contributed by atoms with Crippen molar-refractivity contribution in [2.45, 2.75) is 31.8 Å². The van der Waals surface area contributed by atoms with Crippen LogP contribution in [0.3, 0.4) is 0 Å². The number of likely N-dealkylation sites (tertiary alicyclic amines) is 1. The predicted octanol–water partition coefficient (Wildman–Crippen LogP) is 0.0175. The number of amides is 2. The molecule has 3 N–H and O–H groups in total. The lowest BCUT2D eigenvalue weighted by atomic mass is 10.1. The molecule has 0 aliphatic carbocycles. The van der Waals surface area contributed by atoms with E-state index in [9.17, 15) is 14.7 Å². The SMILES string of the molecule is CC(O)(CNC(=O)N1CCCCC1)C(=O)O. The Bertz CT molecular complexity index is 272. The molecular formula is C10H18N2O4. The first-order valence-electron chi connectivity index (χ1n) is 5.42. The molecule has 0 radical (unpaired) electrons. The molecule has 1 rings (SSSR count). The molecule has 0 aromatic carbocycles. The summed E-state index contributed by atoms with van der Waals surface area (Å²) in [4.78, 5) is 23.8. The van der Waals surface area contributed by atoms with Gasteiger partial charge in [-0.2, -0.15) is 0 Å². The van der Waals surface area contributed by atoms with E-state index in [0.29, 0.717) is 13.1 Å². The van der Waals surface area contributed by atoms with Crippen LogP contribution in [0.25, 0.3) is 0 Å². The molecule has 0 aromatic rings. The summed E-state index contributed by atoms with van der Waals surface area (Å²) in [5, 5.41) is 20.5. The number of carboxylic acid groups (broad SMARTS) is 1. The zero-order chi connectivity index (χ0) is 12.2. The van der Waals surface area contributed by atoms with Crippen LogP contribution in [-0.4, -0.2) is 52.3 Å². The Morgan fingerprint density at radius 3 is 2.38 bits per heavy atom. The van der Waals surface area contributed by atoms with Gasteiger partial charge in [0.15, 0.2) is 5.60 Å². The van der Waals surface area contributed by atoms with Crippen LogP contribution in [0.5, 0.6) is 0 Å². The van der Waals surface area contributed by atoms with Crippen molar-refractivity contribution in [1.29, 1.82) is 0 Å². The van der Waals surface area contributed by atoms with Gasteiger partial charge < -0.3 is 20.4 Å². The van der Waals surface area contributed by atoms with Crippen LogP contribution >= 0.6 is 0 Å². The minimum absolute atomic E-state index is 0.280. The van der Waals surface area contributed by atoms with Gasteiger partial charge in [-0.3, -0.25) is 0 Å². The van der Waals surface area contributed by atoms with E-state index < -0.39 is 11.6 Å². The van der Waals surface area contributed by atoms with Crippen LogP contribution in [0, 0.1) is 0 Å². The highest BCUT2D eigenvalue weighted by Gasteiger charge is 2.31. The van der Waals surface area contributed by atoms with Crippen molar-refractivity contribution in [2.24, 2.45) is 0 Å². The summed E-state index contributed by atoms with van der Waals surface area (Å²) >= 11 is 0. The maximum absolute atomic E-state index is 11.6. The second kappa shape index (κ2) is 5.16. The van der Waals surface area contributed by atoms with Gasteiger partial charge in [0.25, 0.3) is 0 Å². The summed E-state index contributed by atoms with van der Waals surface area (Å²) in [6, 6.07) is -0.304. The van der Waals surface area contributed by atoms with Crippen LogP contribution in [0.15, 0.2) is 0 Å². The molecule has 1 aliphatic heterocycles. The van der Waals surface area contributed by atoms with E-state index in [2.05, 4.69) is 5.32 Å². The number of carbonyl (C=O) groups excluding carboxylic acids is 1. The molecule has 1 aliphatic rings. The maximum Gasteiger partial charge on any atom is 0.337 e. The Kier molecular flexibility index (Phi) is 4.12. The first-order valence-corrected chi connectivity index (χ1v) is 5.42. The fourth-order valence-corrected chi connectivity index (χ4v) is 1.53. The second-order valence-corrected chi connectivity index (χ2v) is 4.29. The third kappa shape index (κ3) is 3.37. The number of rotatable bonds is 3. The third-order valence-electron chi connectivity index (χ3n) is 2.69. The van der Waals surface area contributed by atoms with Crippen molar-refractivity contribution in [3.8, 4) is 0 Å². The fraction of sp³-hybridized carbons (Fsp3) is 0.800. The maximum atomic E-state index is 11.6. The van der Waals surface area contributed by atoms with Gasteiger partial charge in [-0.25, -0.2) is 9.59 Å². The first kappa shape index (κ1) is 12.8. The van der Waals surface area contributed by atoms with Gasteiger partial charge in [-0.15, -0.1) is 0 Å². The van der Waals surface area contributed by atoms with Crippen molar-refractivity contribution < 1.29 is 19.8 Å². The average molecular weight is 230 g/mol. The Morgan fingerprint density at radius 1 is 1.31 bits per heavy atom. The molecule has 1 atom stereocenters. The van der Waals surface area contributed by atoms with Gasteiger partial charge in [-0.1, -0.05) is 0 Å². The highest BCUT2D eigenvalue weighted by atomic mass is 16.4. The Morgan fingerprint density at radius 2 is 1.88 bits per heavy atom. The largest absolute Gasteiger partial charge is 0.479 e. The summed E-state index contributed by atoms with van der Waals surface area (Å²) in [7, 11) is 0. The number of carboxylic acids is 1. The van der Waals surface area contributed by atoms with Crippen LogP contribution in [0.4, 0.5) is 4.79 Å². The summed E-state index contributed by atoms with van der Waals surface area (Å²) in [6.45, 7) is 2.27. The van der Waals surface area contributed by atoms with E-state index in [-0.39, 0.29) is 12.6 Å². The minimum atomic E-state index is -1.91. The molecule has 0 saturated carbocycles. The van der Waals surface area contributed by atoms with E-state index in [1.807, 2.05) is 0 Å². The number of aliphatic hydroxyl groups is 1. The van der Waals surface area contributed by atoms with Crippen LogP contribution in [0.2, 0.25) is 0 Å². The van der Waals surface area contributed by atoms with Crippen molar-refractivity contribution in [3.63, 3.8) is 0 Å². The zero-order valence-corrected chi connectivity index (χ0v) is 9.40. The first-order chi connectivity index (χ1) is 7.43. The second-order valence-electron chi connectivity index (χ2n) is 4.29. The molecule has 0 bridgehead atoms. The number of piperidine rings is 1. The molecule has 16 heavy (non-hydrogen) atoms. The normalized spacial score (nSPS) is 20.0. The Hall–Kier alpha value is -1.30. The molecule has 1 heterocycles. The zero-order valence-electron chi connectivity index (χ0n) is 9.40. The predicted molar refractivity (Wildman–Crippen MR) is 57.1 cm³/mol. The molecule has 6 nitrogen and oxygen atoms in total. The topological polar surface area (TPSA) is 89.9 Å². The van der Waals surface area contributed by atoms with Gasteiger partial charge in [0.2, 0.25) is 0 Å². The number of aliphatic carboxylic acids is 1. The monoisotopic (exact) mass is 230 g/mol. The Balaban J connectivity index is 2.37. The number of carbonyl (C=O) groups is 2. The highest BCUT2D eigenvalue weighted by Crippen LogP contribution is 2.09. The molecule has 0 spiro atoms. The average Bonchev–Trinajstić information content (AvgIpc) is 2.27. The molecule has 0 aromatic heterocycles. The van der Waals surface area contributed by atoms with Gasteiger partial charge >= 0.3 is 12.0 Å². The van der Waals surface area contributed by atoms with Crippen LogP contribution in [-0.2, 0) is 4.79 Å². The summed E-state index contributed by atoms with van der Waals surface area (Å²) in [5.74, 6) is -1.34. The standard InChI is InChI=1S/C10H18N2O4/c1-10(16,8(13)14)7-11-9(15)12-5-3-2-4-6-12/h16H,2-7H2,1H3,(H,11,15)(H,13,14). The van der Waals surface area contributed by atoms with E-state index in [1.54, 1.807) is 4.90 Å². The molecule has 92 valence electrons. The summed E-state index contributed by atoms with van der Waals surface area (Å²) in [5.41, 5.74) is -1.91. The van der Waals surface area contributed by atoms with E-state index in [4.69, 9.17) is 5.11 Å². The van der Waals surface area contributed by atoms with Crippen molar-refractivity contribution in [3.05, 3.63) is 0 Å². The lowest BCUT2D eigenvalue weighted by molar-refractivity contribution is -0.155. The Labute approximate surface area is 94.2 Å². The van der Waals surface area contributed by atoms with Crippen LogP contribution in [0.1, 0.15) is 26.2 Å². The molecule has 1 unspecified atom stereocenters. The van der Waals surface area contributed by atoms with Gasteiger partial charge in [-0.05, 0) is 26.2 Å². The van der Waals surface area contributed by atoms with E-state index >= 15 is 0 Å². The van der Waals surface area contributed by atoms with Crippen molar-refractivity contribution in [2.75, 3.05) is 19.6 Å². The quantitative estimate of drug-likeness (QED) is 0.637. The van der Waals surface area contributed by atoms with E-state index in [0.717, 1.165) is 26.2 Å². The van der Waals surface area contributed by atoms with Gasteiger partial charge in [0, 0.05) is 13.1 Å². The number of nitrogens with zero attached hydrogens (tertiary/aromatic N) is 1. The smallest absolute Gasteiger partial charge is 0.337 e. The minimum Gasteiger partial charge on any atom is -0.479 e. The lowest BCUT2D eigenvalue weighted by Crippen LogP contribution is -2.51. The molecular weight excluding hydrogens is 212 g/mol. The number of hydrogen-bond acceptors (Lipinski definition) is 3. The molecule has 1 fully saturated rings. The number of urea groups is 1. The summed E-state index contributed by atoms with van der Waals surface area (Å²) < 4.78 is 0. The number of hydrogen-bond donors (Lipinski definition) is 3.